The Morgan fingerprint density at radius 2 is 2.07 bits per heavy atom. The van der Waals surface area contributed by atoms with Crippen molar-refractivity contribution >= 4 is 17.4 Å². The average Bonchev–Trinajstić information content (AvgIpc) is 2.64. The van der Waals surface area contributed by atoms with Gasteiger partial charge in [-0.05, 0) is 25.0 Å². The zero-order valence-corrected chi connectivity index (χ0v) is 9.20. The van der Waals surface area contributed by atoms with Gasteiger partial charge >= 0.3 is 0 Å². The van der Waals surface area contributed by atoms with Crippen molar-refractivity contribution in [2.45, 2.75) is 25.3 Å². The molecule has 2 rings (SSSR count). The van der Waals surface area contributed by atoms with Gasteiger partial charge in [-0.25, -0.2) is 0 Å². The van der Waals surface area contributed by atoms with Gasteiger partial charge in [0.15, 0.2) is 5.78 Å². The lowest BCUT2D eigenvalue weighted by Gasteiger charge is -2.14. The molecule has 1 aliphatic carbocycles. The van der Waals surface area contributed by atoms with Gasteiger partial charge in [-0.3, -0.25) is 4.79 Å². The summed E-state index contributed by atoms with van der Waals surface area (Å²) in [7, 11) is 0. The van der Waals surface area contributed by atoms with Crippen molar-refractivity contribution in [2.75, 3.05) is 0 Å². The van der Waals surface area contributed by atoms with E-state index < -0.39 is 0 Å². The van der Waals surface area contributed by atoms with E-state index in [9.17, 15) is 4.79 Å². The fraction of sp³-hybridized carbons (Fsp3) is 0.417. The van der Waals surface area contributed by atoms with E-state index in [0.717, 1.165) is 19.3 Å². The van der Waals surface area contributed by atoms with Crippen LogP contribution in [0.25, 0.3) is 0 Å². The Morgan fingerprint density at radius 1 is 1.33 bits per heavy atom. The molecule has 1 aromatic rings. The largest absolute Gasteiger partial charge is 0.327 e. The van der Waals surface area contributed by atoms with Crippen LogP contribution in [0.3, 0.4) is 0 Å². The smallest absolute Gasteiger partial charge is 0.168 e. The van der Waals surface area contributed by atoms with Crippen molar-refractivity contribution < 1.29 is 4.79 Å². The normalized spacial score (nSPS) is 25.5. The van der Waals surface area contributed by atoms with E-state index in [1.165, 1.54) is 0 Å². The number of Topliss-reactive ketones (excluding diaryl/α,β-unsaturated/α-hetero) is 1. The van der Waals surface area contributed by atoms with Crippen molar-refractivity contribution in [2.24, 2.45) is 11.7 Å². The third kappa shape index (κ3) is 2.06. The summed E-state index contributed by atoms with van der Waals surface area (Å²) in [5.74, 6) is 0.0653. The molecule has 2 nitrogen and oxygen atoms in total. The van der Waals surface area contributed by atoms with Gasteiger partial charge in [-0.1, -0.05) is 30.2 Å². The van der Waals surface area contributed by atoms with Gasteiger partial charge in [0.1, 0.15) is 0 Å². The number of halogens is 1. The molecule has 0 aromatic heterocycles. The number of hydrogen-bond acceptors (Lipinski definition) is 2. The van der Waals surface area contributed by atoms with Crippen LogP contribution in [0, 0.1) is 5.92 Å². The zero-order chi connectivity index (χ0) is 10.8. The molecule has 0 spiro atoms. The minimum absolute atomic E-state index is 0.00812. The molecule has 1 aromatic carbocycles. The molecular weight excluding hydrogens is 210 g/mol. The molecule has 0 aliphatic heterocycles. The molecule has 15 heavy (non-hydrogen) atoms. The van der Waals surface area contributed by atoms with E-state index in [0.29, 0.717) is 10.6 Å². The fourth-order valence-electron chi connectivity index (χ4n) is 2.18. The molecule has 80 valence electrons. The Morgan fingerprint density at radius 3 is 2.67 bits per heavy atom. The number of carbonyl (C=O) groups is 1. The fourth-order valence-corrected chi connectivity index (χ4v) is 2.40. The highest BCUT2D eigenvalue weighted by Crippen LogP contribution is 2.29. The third-order valence-corrected chi connectivity index (χ3v) is 3.38. The molecule has 2 atom stereocenters. The Labute approximate surface area is 94.4 Å². The number of hydrogen-bond donors (Lipinski definition) is 1. The van der Waals surface area contributed by atoms with Crippen LogP contribution in [0.4, 0.5) is 0 Å². The van der Waals surface area contributed by atoms with Crippen molar-refractivity contribution in [3.63, 3.8) is 0 Å². The lowest BCUT2D eigenvalue weighted by atomic mass is 9.93. The first-order valence-corrected chi connectivity index (χ1v) is 5.62. The maximum Gasteiger partial charge on any atom is 0.168 e. The third-order valence-electron chi connectivity index (χ3n) is 3.05. The summed E-state index contributed by atoms with van der Waals surface area (Å²) < 4.78 is 0. The first-order chi connectivity index (χ1) is 7.20. The lowest BCUT2D eigenvalue weighted by molar-refractivity contribution is 0.0913. The van der Waals surface area contributed by atoms with Crippen LogP contribution in [0.5, 0.6) is 0 Å². The second-order valence-corrected chi connectivity index (χ2v) is 4.45. The summed E-state index contributed by atoms with van der Waals surface area (Å²) in [6.07, 6.45) is 2.88. The predicted octanol–water partition coefficient (Wildman–Crippen LogP) is 2.65. The topological polar surface area (TPSA) is 43.1 Å². The SMILES string of the molecule is NC1CCCC1C(=O)c1ccccc1Cl. The number of carbonyl (C=O) groups excluding carboxylic acids is 1. The van der Waals surface area contributed by atoms with E-state index in [1.807, 2.05) is 12.1 Å². The molecule has 3 heteroatoms. The van der Waals surface area contributed by atoms with Crippen LogP contribution in [-0.2, 0) is 0 Å². The maximum atomic E-state index is 12.1. The van der Waals surface area contributed by atoms with Crippen LogP contribution in [-0.4, -0.2) is 11.8 Å². The van der Waals surface area contributed by atoms with Gasteiger partial charge in [-0.15, -0.1) is 0 Å². The minimum Gasteiger partial charge on any atom is -0.327 e. The second kappa shape index (κ2) is 4.33. The average molecular weight is 224 g/mol. The molecule has 1 fully saturated rings. The molecule has 0 heterocycles. The van der Waals surface area contributed by atoms with Crippen LogP contribution in [0.15, 0.2) is 24.3 Å². The van der Waals surface area contributed by atoms with E-state index >= 15 is 0 Å². The number of ketones is 1. The summed E-state index contributed by atoms with van der Waals surface area (Å²) >= 11 is 5.98. The van der Waals surface area contributed by atoms with Crippen molar-refractivity contribution in [1.82, 2.24) is 0 Å². The number of rotatable bonds is 2. The maximum absolute atomic E-state index is 12.1. The molecular formula is C12H14ClNO. The lowest BCUT2D eigenvalue weighted by Crippen LogP contribution is -2.30. The molecule has 2 N–H and O–H groups in total. The van der Waals surface area contributed by atoms with Crippen LogP contribution >= 0.6 is 11.6 Å². The molecule has 2 unspecified atom stereocenters. The van der Waals surface area contributed by atoms with Crippen LogP contribution < -0.4 is 5.73 Å². The molecule has 0 saturated heterocycles. The quantitative estimate of drug-likeness (QED) is 0.784. The molecule has 1 saturated carbocycles. The van der Waals surface area contributed by atoms with Gasteiger partial charge in [-0.2, -0.15) is 0 Å². The summed E-state index contributed by atoms with van der Waals surface area (Å²) in [5.41, 5.74) is 6.52. The number of benzene rings is 1. The Hall–Kier alpha value is -0.860. The van der Waals surface area contributed by atoms with Crippen LogP contribution in [0.1, 0.15) is 29.6 Å². The van der Waals surface area contributed by atoms with Crippen molar-refractivity contribution in [3.05, 3.63) is 34.9 Å². The van der Waals surface area contributed by atoms with E-state index in [-0.39, 0.29) is 17.7 Å². The molecule has 0 amide bonds. The molecule has 0 bridgehead atoms. The summed E-state index contributed by atoms with van der Waals surface area (Å²) in [5, 5.41) is 0.529. The van der Waals surface area contributed by atoms with Gasteiger partial charge in [0, 0.05) is 17.5 Å². The van der Waals surface area contributed by atoms with E-state index in [2.05, 4.69) is 0 Å². The highest BCUT2D eigenvalue weighted by Gasteiger charge is 2.31. The first kappa shape index (κ1) is 10.7. The Kier molecular flexibility index (Phi) is 3.08. The Bertz CT molecular complexity index is 378. The first-order valence-electron chi connectivity index (χ1n) is 5.24. The molecule has 0 radical (unpaired) electrons. The van der Waals surface area contributed by atoms with E-state index in [1.54, 1.807) is 12.1 Å². The molecule has 1 aliphatic rings. The summed E-state index contributed by atoms with van der Waals surface area (Å²) in [4.78, 5) is 12.1. The standard InChI is InChI=1S/C12H14ClNO/c13-10-6-2-1-4-8(10)12(15)9-5-3-7-11(9)14/h1-2,4,6,9,11H,3,5,7,14H2. The second-order valence-electron chi connectivity index (χ2n) is 4.05. The van der Waals surface area contributed by atoms with Gasteiger partial charge in [0.05, 0.1) is 5.02 Å². The monoisotopic (exact) mass is 223 g/mol. The van der Waals surface area contributed by atoms with Crippen LogP contribution in [0.2, 0.25) is 5.02 Å². The van der Waals surface area contributed by atoms with Gasteiger partial charge < -0.3 is 5.73 Å². The highest BCUT2D eigenvalue weighted by atomic mass is 35.5. The minimum atomic E-state index is -0.0371. The van der Waals surface area contributed by atoms with E-state index in [4.69, 9.17) is 17.3 Å². The predicted molar refractivity (Wildman–Crippen MR) is 61.1 cm³/mol. The van der Waals surface area contributed by atoms with Crippen molar-refractivity contribution in [3.8, 4) is 0 Å². The number of nitrogens with two attached hydrogens (primary N) is 1. The summed E-state index contributed by atoms with van der Waals surface area (Å²) in [6, 6.07) is 7.19. The van der Waals surface area contributed by atoms with Crippen molar-refractivity contribution in [1.29, 1.82) is 0 Å². The Balaban J connectivity index is 2.24. The highest BCUT2D eigenvalue weighted by molar-refractivity contribution is 6.34. The zero-order valence-electron chi connectivity index (χ0n) is 8.45. The van der Waals surface area contributed by atoms with Gasteiger partial charge in [0.25, 0.3) is 0 Å². The van der Waals surface area contributed by atoms with Gasteiger partial charge in [0.2, 0.25) is 0 Å². The summed E-state index contributed by atoms with van der Waals surface area (Å²) in [6.45, 7) is 0.